The van der Waals surface area contributed by atoms with Crippen LogP contribution in [0.15, 0.2) is 12.1 Å². The standard InChI is InChI=1S/C7H5F2NO/c1-4(11)6-2-5(8)3-7(9)10-6/h2-3H,1H3. The third kappa shape index (κ3) is 1.80. The van der Waals surface area contributed by atoms with Gasteiger partial charge in [0.05, 0.1) is 0 Å². The number of rotatable bonds is 1. The summed E-state index contributed by atoms with van der Waals surface area (Å²) in [6, 6.07) is 1.51. The summed E-state index contributed by atoms with van der Waals surface area (Å²) in [6.07, 6.45) is 0. The highest BCUT2D eigenvalue weighted by Gasteiger charge is 2.04. The van der Waals surface area contributed by atoms with E-state index in [-0.39, 0.29) is 5.69 Å². The topological polar surface area (TPSA) is 30.0 Å². The van der Waals surface area contributed by atoms with Crippen LogP contribution in [-0.2, 0) is 0 Å². The molecule has 0 radical (unpaired) electrons. The number of hydrogen-bond acceptors (Lipinski definition) is 2. The number of hydrogen-bond donors (Lipinski definition) is 0. The first-order valence-electron chi connectivity index (χ1n) is 2.93. The lowest BCUT2D eigenvalue weighted by atomic mass is 10.3. The van der Waals surface area contributed by atoms with Crippen molar-refractivity contribution in [2.24, 2.45) is 0 Å². The molecular formula is C7H5F2NO. The Morgan fingerprint density at radius 1 is 1.45 bits per heavy atom. The molecule has 1 aromatic rings. The molecule has 1 aromatic heterocycles. The van der Waals surface area contributed by atoms with Crippen LogP contribution in [0, 0.1) is 11.8 Å². The van der Waals surface area contributed by atoms with E-state index in [1.165, 1.54) is 6.92 Å². The van der Waals surface area contributed by atoms with Gasteiger partial charge in [0.1, 0.15) is 11.5 Å². The molecule has 0 saturated carbocycles. The van der Waals surface area contributed by atoms with Crippen LogP contribution in [0.1, 0.15) is 17.4 Å². The van der Waals surface area contributed by atoms with E-state index in [4.69, 9.17) is 0 Å². The Kier molecular flexibility index (Phi) is 1.94. The van der Waals surface area contributed by atoms with Crippen LogP contribution in [0.5, 0.6) is 0 Å². The summed E-state index contributed by atoms with van der Waals surface area (Å²) in [5, 5.41) is 0. The van der Waals surface area contributed by atoms with E-state index < -0.39 is 17.5 Å². The zero-order valence-electron chi connectivity index (χ0n) is 5.77. The van der Waals surface area contributed by atoms with E-state index in [0.717, 1.165) is 6.07 Å². The molecular weight excluding hydrogens is 152 g/mol. The summed E-state index contributed by atoms with van der Waals surface area (Å²) in [5.74, 6) is -2.22. The number of pyridine rings is 1. The molecule has 1 rings (SSSR count). The third-order valence-corrected chi connectivity index (χ3v) is 1.12. The number of nitrogens with zero attached hydrogens (tertiary/aromatic N) is 1. The monoisotopic (exact) mass is 157 g/mol. The number of ketones is 1. The number of Topliss-reactive ketones (excluding diaryl/α,β-unsaturated/α-hetero) is 1. The van der Waals surface area contributed by atoms with Gasteiger partial charge in [-0.15, -0.1) is 0 Å². The maximum absolute atomic E-state index is 12.4. The summed E-state index contributed by atoms with van der Waals surface area (Å²) >= 11 is 0. The lowest BCUT2D eigenvalue weighted by molar-refractivity contribution is 0.101. The largest absolute Gasteiger partial charge is 0.293 e. The van der Waals surface area contributed by atoms with Gasteiger partial charge in [-0.2, -0.15) is 4.39 Å². The quantitative estimate of drug-likeness (QED) is 0.457. The zero-order valence-corrected chi connectivity index (χ0v) is 5.77. The van der Waals surface area contributed by atoms with E-state index in [9.17, 15) is 13.6 Å². The molecule has 11 heavy (non-hydrogen) atoms. The minimum absolute atomic E-state index is 0.192. The number of aromatic nitrogens is 1. The van der Waals surface area contributed by atoms with Gasteiger partial charge in [-0.05, 0) is 0 Å². The van der Waals surface area contributed by atoms with Crippen molar-refractivity contribution in [2.75, 3.05) is 0 Å². The van der Waals surface area contributed by atoms with Crippen molar-refractivity contribution >= 4 is 5.78 Å². The van der Waals surface area contributed by atoms with Crippen LogP contribution in [-0.4, -0.2) is 10.8 Å². The predicted molar refractivity (Wildman–Crippen MR) is 34.2 cm³/mol. The Balaban J connectivity index is 3.19. The molecule has 0 aromatic carbocycles. The highest BCUT2D eigenvalue weighted by atomic mass is 19.1. The maximum atomic E-state index is 12.4. The molecule has 0 aliphatic rings. The van der Waals surface area contributed by atoms with Gasteiger partial charge in [-0.1, -0.05) is 0 Å². The van der Waals surface area contributed by atoms with Crippen molar-refractivity contribution in [3.63, 3.8) is 0 Å². The lowest BCUT2D eigenvalue weighted by Crippen LogP contribution is -1.99. The maximum Gasteiger partial charge on any atom is 0.216 e. The van der Waals surface area contributed by atoms with Crippen LogP contribution in [0.4, 0.5) is 8.78 Å². The fourth-order valence-corrected chi connectivity index (χ4v) is 0.646. The van der Waals surface area contributed by atoms with Gasteiger partial charge < -0.3 is 0 Å². The summed E-state index contributed by atoms with van der Waals surface area (Å²) in [7, 11) is 0. The fraction of sp³-hybridized carbons (Fsp3) is 0.143. The Hall–Kier alpha value is -1.32. The first-order valence-corrected chi connectivity index (χ1v) is 2.93. The normalized spacial score (nSPS) is 9.73. The van der Waals surface area contributed by atoms with Crippen molar-refractivity contribution in [3.8, 4) is 0 Å². The number of carbonyl (C=O) groups is 1. The molecule has 0 bridgehead atoms. The van der Waals surface area contributed by atoms with E-state index in [1.807, 2.05) is 0 Å². The van der Waals surface area contributed by atoms with Gasteiger partial charge in [-0.3, -0.25) is 4.79 Å². The van der Waals surface area contributed by atoms with Gasteiger partial charge in [0.15, 0.2) is 5.78 Å². The average Bonchev–Trinajstić information content (AvgIpc) is 1.85. The summed E-state index contributed by atoms with van der Waals surface area (Å²) < 4.78 is 24.6. The molecule has 0 saturated heterocycles. The van der Waals surface area contributed by atoms with Crippen molar-refractivity contribution in [1.29, 1.82) is 0 Å². The van der Waals surface area contributed by atoms with E-state index in [1.54, 1.807) is 0 Å². The molecule has 2 nitrogen and oxygen atoms in total. The van der Waals surface area contributed by atoms with Gasteiger partial charge in [0, 0.05) is 19.1 Å². The van der Waals surface area contributed by atoms with Gasteiger partial charge >= 0.3 is 0 Å². The Bertz CT molecular complexity index is 278. The van der Waals surface area contributed by atoms with Crippen LogP contribution >= 0.6 is 0 Å². The lowest BCUT2D eigenvalue weighted by Gasteiger charge is -1.94. The number of halogens is 2. The molecule has 0 aliphatic carbocycles. The van der Waals surface area contributed by atoms with Gasteiger partial charge in [-0.25, -0.2) is 9.37 Å². The molecule has 1 heterocycles. The molecule has 0 N–H and O–H groups in total. The average molecular weight is 157 g/mol. The third-order valence-electron chi connectivity index (χ3n) is 1.12. The van der Waals surface area contributed by atoms with Gasteiger partial charge in [0.2, 0.25) is 5.95 Å². The van der Waals surface area contributed by atoms with Crippen molar-refractivity contribution in [1.82, 2.24) is 4.98 Å². The highest BCUT2D eigenvalue weighted by molar-refractivity contribution is 5.91. The highest BCUT2D eigenvalue weighted by Crippen LogP contribution is 2.03. The molecule has 0 unspecified atom stereocenters. The second-order valence-corrected chi connectivity index (χ2v) is 2.05. The molecule has 0 atom stereocenters. The fourth-order valence-electron chi connectivity index (χ4n) is 0.646. The molecule has 0 spiro atoms. The van der Waals surface area contributed by atoms with E-state index in [0.29, 0.717) is 6.07 Å². The molecule has 0 aliphatic heterocycles. The van der Waals surface area contributed by atoms with Crippen LogP contribution < -0.4 is 0 Å². The predicted octanol–water partition coefficient (Wildman–Crippen LogP) is 1.56. The van der Waals surface area contributed by atoms with Crippen LogP contribution in [0.3, 0.4) is 0 Å². The van der Waals surface area contributed by atoms with Crippen molar-refractivity contribution in [2.45, 2.75) is 6.92 Å². The Labute approximate surface area is 61.9 Å². The minimum Gasteiger partial charge on any atom is -0.293 e. The van der Waals surface area contributed by atoms with Crippen LogP contribution in [0.25, 0.3) is 0 Å². The summed E-state index contributed by atoms with van der Waals surface area (Å²) in [5.41, 5.74) is -0.192. The Morgan fingerprint density at radius 3 is 2.55 bits per heavy atom. The van der Waals surface area contributed by atoms with E-state index >= 15 is 0 Å². The SMILES string of the molecule is CC(=O)c1cc(F)cc(F)n1. The first kappa shape index (κ1) is 7.78. The summed E-state index contributed by atoms with van der Waals surface area (Å²) in [4.78, 5) is 13.7. The Morgan fingerprint density at radius 2 is 2.09 bits per heavy atom. The molecule has 58 valence electrons. The molecule has 0 amide bonds. The first-order chi connectivity index (χ1) is 5.09. The molecule has 0 fully saturated rings. The second kappa shape index (κ2) is 2.74. The van der Waals surface area contributed by atoms with Crippen molar-refractivity contribution in [3.05, 3.63) is 29.6 Å². The minimum atomic E-state index is -0.977. The van der Waals surface area contributed by atoms with Crippen molar-refractivity contribution < 1.29 is 13.6 Å². The smallest absolute Gasteiger partial charge is 0.216 e. The zero-order chi connectivity index (χ0) is 8.43. The molecule has 4 heteroatoms. The van der Waals surface area contributed by atoms with E-state index in [2.05, 4.69) is 4.98 Å². The number of carbonyl (C=O) groups excluding carboxylic acids is 1. The van der Waals surface area contributed by atoms with Crippen LogP contribution in [0.2, 0.25) is 0 Å². The second-order valence-electron chi connectivity index (χ2n) is 2.05. The summed E-state index contributed by atoms with van der Waals surface area (Å²) in [6.45, 7) is 1.20. The van der Waals surface area contributed by atoms with Gasteiger partial charge in [0.25, 0.3) is 0 Å².